The number of halogens is 1. The molecule has 0 radical (unpaired) electrons. The fraction of sp³-hybridized carbons (Fsp3) is 0.400. The first-order chi connectivity index (χ1) is 25.6. The zero-order chi connectivity index (χ0) is 39.7. The van der Waals surface area contributed by atoms with Crippen LogP contribution >= 0.6 is 11.6 Å². The lowest BCUT2D eigenvalue weighted by Crippen LogP contribution is -2.62. The Kier molecular flexibility index (Phi) is 13.9. The molecule has 3 aliphatic heterocycles. The van der Waals surface area contributed by atoms with Gasteiger partial charge >= 0.3 is 23.9 Å². The number of ether oxygens (including phenoxy) is 5. The molecule has 0 unspecified atom stereocenters. The zero-order valence-corrected chi connectivity index (χ0v) is 30.2. The molecule has 1 aromatic carbocycles. The Labute approximate surface area is 311 Å². The molecule has 0 saturated carbocycles. The Bertz CT molecular complexity index is 1980. The number of carbonyl (C=O) groups excluding carboxylic acids is 7. The Morgan fingerprint density at radius 2 is 1.46 bits per heavy atom. The third-order valence-electron chi connectivity index (χ3n) is 7.63. The molecule has 19 heteroatoms. The molecule has 2 N–H and O–H groups in total. The first kappa shape index (κ1) is 41.0. The number of benzene rings is 2. The molecule has 3 amide bonds. The van der Waals surface area contributed by atoms with Gasteiger partial charge in [-0.25, -0.2) is 4.98 Å². The molecule has 288 valence electrons. The number of fused-ring (bicyclic) bond motifs is 2. The molecule has 18 nitrogen and oxygen atoms in total. The maximum atomic E-state index is 12.3. The van der Waals surface area contributed by atoms with Gasteiger partial charge in [0.2, 0.25) is 23.7 Å². The highest BCUT2D eigenvalue weighted by atomic mass is 35.5. The van der Waals surface area contributed by atoms with E-state index in [1.165, 1.54) is 24.3 Å². The van der Waals surface area contributed by atoms with Gasteiger partial charge in [-0.15, -0.1) is 0 Å². The van der Waals surface area contributed by atoms with E-state index >= 15 is 0 Å². The number of aliphatic hydroxyl groups excluding tert-OH is 1. The summed E-state index contributed by atoms with van der Waals surface area (Å²) < 4.78 is 31.2. The van der Waals surface area contributed by atoms with Gasteiger partial charge < -0.3 is 38.5 Å². The lowest BCUT2D eigenvalue weighted by Gasteiger charge is -2.43. The van der Waals surface area contributed by atoms with Crippen molar-refractivity contribution in [3.63, 3.8) is 0 Å². The molecule has 4 aliphatic rings. The number of nitrogens with one attached hydrogen (secondary N) is 1. The molecular weight excluding hydrogens is 738 g/mol. The number of esters is 4. The average molecular weight is 774 g/mol. The molecule has 0 bridgehead atoms. The van der Waals surface area contributed by atoms with Gasteiger partial charge in [0.1, 0.15) is 17.3 Å². The summed E-state index contributed by atoms with van der Waals surface area (Å²) in [4.78, 5) is 98.0. The van der Waals surface area contributed by atoms with E-state index in [1.807, 2.05) is 0 Å². The summed E-state index contributed by atoms with van der Waals surface area (Å²) >= 11 is 5.86. The number of aromatic nitrogens is 1. The summed E-state index contributed by atoms with van der Waals surface area (Å²) in [5.74, 6) is -3.62. The minimum absolute atomic E-state index is 0.0575. The minimum Gasteiger partial charge on any atom is -0.456 e. The maximum absolute atomic E-state index is 12.3. The molecule has 3 heterocycles. The summed E-state index contributed by atoms with van der Waals surface area (Å²) in [6.45, 7) is 4.05. The third kappa shape index (κ3) is 10.7. The molecule has 0 spiro atoms. The van der Waals surface area contributed by atoms with E-state index in [4.69, 9.17) is 39.7 Å². The van der Waals surface area contributed by atoms with E-state index in [1.54, 1.807) is 18.2 Å². The average Bonchev–Trinajstić information content (AvgIpc) is 3.41. The molecular formula is C35H36ClN3O15. The summed E-state index contributed by atoms with van der Waals surface area (Å²) in [6, 6.07) is 7.84. The quantitative estimate of drug-likeness (QED) is 0.0931. The SMILES string of the molecule is CC(=O)O[C@@H]1O[C@H](CO)[C@@H](OC(C)=O)[C@H](OC(C)=O)[C@H]1OC(C)=O.O=C(CCCCN1C(=O)C=CC1=O)Nc1cccc2nc3cc(Cl)c(=O)cc-3oc12. The van der Waals surface area contributed by atoms with Crippen molar-refractivity contribution < 1.29 is 66.8 Å². The van der Waals surface area contributed by atoms with Crippen molar-refractivity contribution in [3.05, 3.63) is 57.7 Å². The van der Waals surface area contributed by atoms with E-state index in [2.05, 4.69) is 10.3 Å². The summed E-state index contributed by atoms with van der Waals surface area (Å²) in [6.07, 6.45) is -2.85. The van der Waals surface area contributed by atoms with Gasteiger partial charge in [0.25, 0.3) is 11.8 Å². The second-order valence-electron chi connectivity index (χ2n) is 11.8. The normalized spacial score (nSPS) is 20.6. The maximum Gasteiger partial charge on any atom is 0.305 e. The fourth-order valence-corrected chi connectivity index (χ4v) is 5.59. The number of hydrogen-bond donors (Lipinski definition) is 2. The van der Waals surface area contributed by atoms with Gasteiger partial charge in [0.15, 0.2) is 23.6 Å². The standard InChI is InChI=1S/C21H16ClN3O5.C14H20O10/c22-12-10-15-17(11-16(12)26)30-21-13(23-15)4-3-5-14(21)24-18(27)6-1-2-9-25-19(28)7-8-20(25)29;1-6(16)20-11-10(5-15)24-14(23-9(4)19)13(22-8(3)18)12(11)21-7(2)17/h3-5,7-8,10-11H,1-2,6,9H2,(H,24,27);10-15H,5H2,1-4H3/t;10-,11-,12+,13-,14-/m.1/s1. The summed E-state index contributed by atoms with van der Waals surface area (Å²) in [5, 5.41) is 12.3. The van der Waals surface area contributed by atoms with E-state index < -0.39 is 61.2 Å². The number of aliphatic hydroxyl groups is 1. The Morgan fingerprint density at radius 1 is 0.852 bits per heavy atom. The Hall–Kier alpha value is -5.72. The number of rotatable bonds is 11. The van der Waals surface area contributed by atoms with Crippen LogP contribution in [-0.4, -0.2) is 100 Å². The fourth-order valence-electron chi connectivity index (χ4n) is 5.43. The van der Waals surface area contributed by atoms with Crippen LogP contribution in [0.5, 0.6) is 0 Å². The van der Waals surface area contributed by atoms with Crippen LogP contribution in [0, 0.1) is 0 Å². The smallest absolute Gasteiger partial charge is 0.305 e. The number of hydrogen-bond acceptors (Lipinski definition) is 16. The number of para-hydroxylation sites is 1. The number of carbonyl (C=O) groups is 7. The van der Waals surface area contributed by atoms with Crippen molar-refractivity contribution >= 4 is 70.0 Å². The predicted molar refractivity (Wildman–Crippen MR) is 184 cm³/mol. The van der Waals surface area contributed by atoms with Gasteiger partial charge in [-0.05, 0) is 31.0 Å². The second-order valence-corrected chi connectivity index (χ2v) is 12.2. The molecule has 1 aromatic rings. The largest absolute Gasteiger partial charge is 0.456 e. The topological polar surface area (TPSA) is 244 Å². The predicted octanol–water partition coefficient (Wildman–Crippen LogP) is 2.04. The van der Waals surface area contributed by atoms with Gasteiger partial charge in [-0.2, -0.15) is 0 Å². The van der Waals surface area contributed by atoms with Crippen molar-refractivity contribution in [1.82, 2.24) is 9.88 Å². The second kappa shape index (κ2) is 18.4. The van der Waals surface area contributed by atoms with E-state index in [-0.39, 0.29) is 46.9 Å². The van der Waals surface area contributed by atoms with Crippen LogP contribution in [0.25, 0.3) is 22.6 Å². The van der Waals surface area contributed by atoms with E-state index in [0.717, 1.165) is 32.6 Å². The van der Waals surface area contributed by atoms with Crippen molar-refractivity contribution in [2.24, 2.45) is 0 Å². The monoisotopic (exact) mass is 773 g/mol. The van der Waals surface area contributed by atoms with Crippen molar-refractivity contribution in [2.75, 3.05) is 18.5 Å². The summed E-state index contributed by atoms with van der Waals surface area (Å²) in [7, 11) is 0. The number of anilines is 1. The van der Waals surface area contributed by atoms with Crippen LogP contribution in [0.4, 0.5) is 5.69 Å². The van der Waals surface area contributed by atoms with Gasteiger partial charge in [0.05, 0.1) is 17.3 Å². The lowest BCUT2D eigenvalue weighted by molar-refractivity contribution is -0.299. The van der Waals surface area contributed by atoms with Crippen LogP contribution in [0.15, 0.2) is 51.7 Å². The first-order valence-electron chi connectivity index (χ1n) is 16.4. The number of imide groups is 1. The minimum atomic E-state index is -1.44. The van der Waals surface area contributed by atoms with Crippen LogP contribution in [-0.2, 0) is 57.2 Å². The van der Waals surface area contributed by atoms with Gasteiger partial charge in [0, 0.05) is 58.9 Å². The molecule has 0 aromatic heterocycles. The highest BCUT2D eigenvalue weighted by Gasteiger charge is 2.53. The molecule has 1 aliphatic carbocycles. The van der Waals surface area contributed by atoms with Gasteiger partial charge in [-0.1, -0.05) is 17.7 Å². The van der Waals surface area contributed by atoms with Crippen molar-refractivity contribution in [3.8, 4) is 11.5 Å². The molecule has 5 atom stereocenters. The van der Waals surface area contributed by atoms with Crippen LogP contribution in [0.3, 0.4) is 0 Å². The Morgan fingerprint density at radius 3 is 2.07 bits per heavy atom. The zero-order valence-electron chi connectivity index (χ0n) is 29.4. The Balaban J connectivity index is 0.000000248. The van der Waals surface area contributed by atoms with Crippen molar-refractivity contribution in [1.29, 1.82) is 0 Å². The van der Waals surface area contributed by atoms with E-state index in [0.29, 0.717) is 35.3 Å². The van der Waals surface area contributed by atoms with Gasteiger partial charge in [-0.3, -0.25) is 43.3 Å². The van der Waals surface area contributed by atoms with Crippen LogP contribution < -0.4 is 10.7 Å². The molecule has 1 fully saturated rings. The highest BCUT2D eigenvalue weighted by Crippen LogP contribution is 2.31. The lowest BCUT2D eigenvalue weighted by atomic mass is 9.98. The number of unbranched alkanes of at least 4 members (excludes halogenated alkanes) is 1. The van der Waals surface area contributed by atoms with E-state index in [9.17, 15) is 43.5 Å². The van der Waals surface area contributed by atoms with Crippen LogP contribution in [0.2, 0.25) is 5.02 Å². The third-order valence-corrected chi connectivity index (χ3v) is 7.93. The molecule has 54 heavy (non-hydrogen) atoms. The van der Waals surface area contributed by atoms with Crippen molar-refractivity contribution in [2.45, 2.75) is 77.7 Å². The molecule has 5 rings (SSSR count). The van der Waals surface area contributed by atoms with Crippen LogP contribution in [0.1, 0.15) is 47.0 Å². The molecule has 1 saturated heterocycles. The number of amides is 3. The number of nitrogens with zero attached hydrogens (tertiary/aromatic N) is 2. The summed E-state index contributed by atoms with van der Waals surface area (Å²) in [5.41, 5.74) is 1.35. The highest BCUT2D eigenvalue weighted by molar-refractivity contribution is 6.30. The first-order valence-corrected chi connectivity index (χ1v) is 16.8.